The lowest BCUT2D eigenvalue weighted by atomic mass is 9.65. The van der Waals surface area contributed by atoms with Crippen molar-refractivity contribution in [3.63, 3.8) is 0 Å². The molecule has 0 N–H and O–H groups in total. The Hall–Kier alpha value is -0.380. The zero-order valence-corrected chi connectivity index (χ0v) is 14.0. The lowest BCUT2D eigenvalue weighted by Gasteiger charge is -2.45. The van der Waals surface area contributed by atoms with Crippen LogP contribution in [0.3, 0.4) is 0 Å². The van der Waals surface area contributed by atoms with Gasteiger partial charge in [-0.05, 0) is 61.1 Å². The Labute approximate surface area is 135 Å². The Balaban J connectivity index is 1.43. The molecule has 0 aromatic heterocycles. The molecule has 0 bridgehead atoms. The molecule has 4 rings (SSSR count). The third-order valence-corrected chi connectivity index (χ3v) is 6.29. The number of halogens is 1. The SMILES string of the molecule is Brc1ccc(C2CC[C@@H]3CC4(CC[C@H]3C2)OCCO4)cc1. The zero-order valence-electron chi connectivity index (χ0n) is 12.4. The van der Waals surface area contributed by atoms with Gasteiger partial charge in [-0.3, -0.25) is 0 Å². The van der Waals surface area contributed by atoms with E-state index in [1.54, 1.807) is 0 Å². The van der Waals surface area contributed by atoms with Crippen molar-refractivity contribution in [2.75, 3.05) is 13.2 Å². The molecule has 1 aromatic rings. The van der Waals surface area contributed by atoms with Crippen LogP contribution in [0.25, 0.3) is 0 Å². The van der Waals surface area contributed by atoms with Gasteiger partial charge in [0.25, 0.3) is 0 Å². The highest BCUT2D eigenvalue weighted by molar-refractivity contribution is 9.10. The molecule has 3 fully saturated rings. The van der Waals surface area contributed by atoms with Crippen LogP contribution in [0.15, 0.2) is 28.7 Å². The summed E-state index contributed by atoms with van der Waals surface area (Å²) in [5.74, 6) is 2.22. The highest BCUT2D eigenvalue weighted by Crippen LogP contribution is 2.50. The van der Waals surface area contributed by atoms with E-state index in [9.17, 15) is 0 Å². The molecule has 1 spiro atoms. The van der Waals surface area contributed by atoms with Gasteiger partial charge in [0, 0.05) is 17.3 Å². The molecule has 1 heterocycles. The molecule has 1 aliphatic heterocycles. The summed E-state index contributed by atoms with van der Waals surface area (Å²) in [5, 5.41) is 0. The second-order valence-corrected chi connectivity index (χ2v) is 7.85. The summed E-state index contributed by atoms with van der Waals surface area (Å²) in [7, 11) is 0. The van der Waals surface area contributed by atoms with E-state index in [4.69, 9.17) is 9.47 Å². The maximum Gasteiger partial charge on any atom is 0.168 e. The average molecular weight is 351 g/mol. The monoisotopic (exact) mass is 350 g/mol. The third kappa shape index (κ3) is 2.80. The van der Waals surface area contributed by atoms with Crippen LogP contribution in [-0.2, 0) is 9.47 Å². The standard InChI is InChI=1S/C18H23BrO2/c19-17-5-3-13(4-6-17)14-1-2-16-12-18(20-9-10-21-18)8-7-15(16)11-14/h3-6,14-16H,1-2,7-12H2/t14?,15-,16+/m0/s1. The van der Waals surface area contributed by atoms with Crippen molar-refractivity contribution in [1.29, 1.82) is 0 Å². The van der Waals surface area contributed by atoms with Gasteiger partial charge in [-0.25, -0.2) is 0 Å². The van der Waals surface area contributed by atoms with Crippen molar-refractivity contribution in [3.8, 4) is 0 Å². The molecule has 0 radical (unpaired) electrons. The minimum Gasteiger partial charge on any atom is -0.348 e. The molecular formula is C18H23BrO2. The number of fused-ring (bicyclic) bond motifs is 1. The smallest absolute Gasteiger partial charge is 0.168 e. The molecule has 2 nitrogen and oxygen atoms in total. The van der Waals surface area contributed by atoms with Crippen LogP contribution in [0, 0.1) is 11.8 Å². The van der Waals surface area contributed by atoms with E-state index < -0.39 is 0 Å². The lowest BCUT2D eigenvalue weighted by Crippen LogP contribution is -2.42. The van der Waals surface area contributed by atoms with E-state index in [2.05, 4.69) is 40.2 Å². The molecule has 21 heavy (non-hydrogen) atoms. The topological polar surface area (TPSA) is 18.5 Å². The van der Waals surface area contributed by atoms with Crippen molar-refractivity contribution >= 4 is 15.9 Å². The minimum absolute atomic E-state index is 0.203. The van der Waals surface area contributed by atoms with Gasteiger partial charge < -0.3 is 9.47 Å². The Morgan fingerprint density at radius 3 is 2.48 bits per heavy atom. The van der Waals surface area contributed by atoms with Crippen molar-refractivity contribution in [1.82, 2.24) is 0 Å². The predicted octanol–water partition coefficient (Wildman–Crippen LogP) is 4.88. The predicted molar refractivity (Wildman–Crippen MR) is 86.2 cm³/mol. The van der Waals surface area contributed by atoms with Crippen LogP contribution >= 0.6 is 15.9 Å². The van der Waals surface area contributed by atoms with Gasteiger partial charge in [0.15, 0.2) is 5.79 Å². The van der Waals surface area contributed by atoms with Crippen molar-refractivity contribution in [2.45, 2.75) is 50.2 Å². The molecule has 2 aliphatic carbocycles. The molecule has 2 saturated carbocycles. The Morgan fingerprint density at radius 2 is 1.71 bits per heavy atom. The largest absolute Gasteiger partial charge is 0.348 e. The Morgan fingerprint density at radius 1 is 0.952 bits per heavy atom. The van der Waals surface area contributed by atoms with Crippen LogP contribution in [0.1, 0.15) is 50.0 Å². The summed E-state index contributed by atoms with van der Waals surface area (Å²) in [4.78, 5) is 0. The number of rotatable bonds is 1. The molecule has 3 heteroatoms. The summed E-state index contributed by atoms with van der Waals surface area (Å²) in [6.45, 7) is 1.58. The van der Waals surface area contributed by atoms with Crippen LogP contribution < -0.4 is 0 Å². The van der Waals surface area contributed by atoms with E-state index >= 15 is 0 Å². The Kier molecular flexibility index (Phi) is 3.85. The lowest BCUT2D eigenvalue weighted by molar-refractivity contribution is -0.198. The highest BCUT2D eigenvalue weighted by Gasteiger charge is 2.46. The van der Waals surface area contributed by atoms with Crippen molar-refractivity contribution in [2.24, 2.45) is 11.8 Å². The average Bonchev–Trinajstić information content (AvgIpc) is 2.96. The third-order valence-electron chi connectivity index (χ3n) is 5.76. The quantitative estimate of drug-likeness (QED) is 0.718. The second kappa shape index (κ2) is 5.68. The fourth-order valence-electron chi connectivity index (χ4n) is 4.65. The summed E-state index contributed by atoms with van der Waals surface area (Å²) >= 11 is 3.53. The van der Waals surface area contributed by atoms with E-state index in [-0.39, 0.29) is 5.79 Å². The summed E-state index contributed by atoms with van der Waals surface area (Å²) < 4.78 is 13.0. The maximum absolute atomic E-state index is 5.93. The first-order valence-electron chi connectivity index (χ1n) is 8.27. The van der Waals surface area contributed by atoms with E-state index in [1.807, 2.05) is 0 Å². The number of hydrogen-bond donors (Lipinski definition) is 0. The summed E-state index contributed by atoms with van der Waals surface area (Å²) in [5.41, 5.74) is 1.52. The first kappa shape index (κ1) is 14.2. The molecule has 0 amide bonds. The minimum atomic E-state index is -0.203. The first-order valence-corrected chi connectivity index (χ1v) is 9.07. The molecule has 3 aliphatic rings. The van der Waals surface area contributed by atoms with Crippen molar-refractivity contribution in [3.05, 3.63) is 34.3 Å². The van der Waals surface area contributed by atoms with Gasteiger partial charge in [-0.1, -0.05) is 28.1 Å². The highest BCUT2D eigenvalue weighted by atomic mass is 79.9. The van der Waals surface area contributed by atoms with E-state index in [0.717, 1.165) is 43.8 Å². The zero-order chi connectivity index (χ0) is 14.3. The number of benzene rings is 1. The molecule has 1 saturated heterocycles. The molecule has 1 aromatic carbocycles. The van der Waals surface area contributed by atoms with Gasteiger partial charge in [0.2, 0.25) is 0 Å². The van der Waals surface area contributed by atoms with Crippen LogP contribution in [0.2, 0.25) is 0 Å². The molecular weight excluding hydrogens is 328 g/mol. The molecule has 114 valence electrons. The summed E-state index contributed by atoms with van der Waals surface area (Å²) in [6.07, 6.45) is 7.50. The van der Waals surface area contributed by atoms with Gasteiger partial charge >= 0.3 is 0 Å². The second-order valence-electron chi connectivity index (χ2n) is 6.93. The van der Waals surface area contributed by atoms with E-state index in [0.29, 0.717) is 0 Å². The maximum atomic E-state index is 5.93. The number of hydrogen-bond acceptors (Lipinski definition) is 2. The fraction of sp³-hybridized carbons (Fsp3) is 0.667. The molecule has 3 atom stereocenters. The fourth-order valence-corrected chi connectivity index (χ4v) is 4.92. The van der Waals surface area contributed by atoms with Gasteiger partial charge in [0.05, 0.1) is 13.2 Å². The first-order chi connectivity index (χ1) is 10.2. The van der Waals surface area contributed by atoms with Gasteiger partial charge in [0.1, 0.15) is 0 Å². The van der Waals surface area contributed by atoms with E-state index in [1.165, 1.54) is 35.7 Å². The van der Waals surface area contributed by atoms with Gasteiger partial charge in [-0.2, -0.15) is 0 Å². The van der Waals surface area contributed by atoms with Crippen LogP contribution in [0.4, 0.5) is 0 Å². The normalized spacial score (nSPS) is 34.8. The Bertz CT molecular complexity index is 492. The summed E-state index contributed by atoms with van der Waals surface area (Å²) in [6, 6.07) is 8.94. The van der Waals surface area contributed by atoms with Crippen LogP contribution in [0.5, 0.6) is 0 Å². The van der Waals surface area contributed by atoms with Gasteiger partial charge in [-0.15, -0.1) is 0 Å². The van der Waals surface area contributed by atoms with Crippen molar-refractivity contribution < 1.29 is 9.47 Å². The number of ether oxygens (including phenoxy) is 2. The van der Waals surface area contributed by atoms with Crippen LogP contribution in [-0.4, -0.2) is 19.0 Å². The molecule has 1 unspecified atom stereocenters.